The minimum atomic E-state index is -0.651. The Morgan fingerprint density at radius 2 is 2.33 bits per heavy atom. The standard InChI is InChI=1S/C10H16N4O/c1-7-8(6-14(2)13-7)12-9(15)10(11)4-3-5-10/h6H,3-5,11H2,1-2H3,(H,12,15). The SMILES string of the molecule is Cc1nn(C)cc1NC(=O)C1(N)CCC1. The number of nitrogens with two attached hydrogens (primary N) is 1. The minimum absolute atomic E-state index is 0.0927. The van der Waals surface area contributed by atoms with E-state index in [4.69, 9.17) is 5.73 Å². The molecule has 1 heterocycles. The van der Waals surface area contributed by atoms with Crippen LogP contribution in [0.4, 0.5) is 5.69 Å². The van der Waals surface area contributed by atoms with Crippen LogP contribution < -0.4 is 11.1 Å². The second kappa shape index (κ2) is 3.34. The quantitative estimate of drug-likeness (QED) is 0.745. The van der Waals surface area contributed by atoms with E-state index in [-0.39, 0.29) is 5.91 Å². The lowest BCUT2D eigenvalue weighted by atomic mass is 9.77. The van der Waals surface area contributed by atoms with Gasteiger partial charge in [0.25, 0.3) is 0 Å². The lowest BCUT2D eigenvalue weighted by Crippen LogP contribution is -2.56. The Labute approximate surface area is 88.6 Å². The van der Waals surface area contributed by atoms with Crippen LogP contribution in [0.2, 0.25) is 0 Å². The van der Waals surface area contributed by atoms with Gasteiger partial charge in [-0.05, 0) is 26.2 Å². The summed E-state index contributed by atoms with van der Waals surface area (Å²) in [5, 5.41) is 6.98. The van der Waals surface area contributed by atoms with Gasteiger partial charge in [-0.1, -0.05) is 0 Å². The molecule has 0 saturated heterocycles. The summed E-state index contributed by atoms with van der Waals surface area (Å²) >= 11 is 0. The highest BCUT2D eigenvalue weighted by Gasteiger charge is 2.40. The van der Waals surface area contributed by atoms with E-state index < -0.39 is 5.54 Å². The van der Waals surface area contributed by atoms with Crippen LogP contribution in [-0.2, 0) is 11.8 Å². The Kier molecular flexibility index (Phi) is 2.26. The Morgan fingerprint density at radius 3 is 2.73 bits per heavy atom. The summed E-state index contributed by atoms with van der Waals surface area (Å²) in [5.41, 5.74) is 6.82. The van der Waals surface area contributed by atoms with E-state index in [0.717, 1.165) is 30.6 Å². The van der Waals surface area contributed by atoms with Gasteiger partial charge in [0.05, 0.1) is 16.9 Å². The van der Waals surface area contributed by atoms with E-state index in [0.29, 0.717) is 0 Å². The van der Waals surface area contributed by atoms with Crippen molar-refractivity contribution in [1.29, 1.82) is 0 Å². The van der Waals surface area contributed by atoms with Crippen molar-refractivity contribution in [3.05, 3.63) is 11.9 Å². The molecule has 0 aromatic carbocycles. The second-order valence-electron chi connectivity index (χ2n) is 4.27. The molecule has 1 fully saturated rings. The summed E-state index contributed by atoms with van der Waals surface area (Å²) in [5.74, 6) is -0.0927. The van der Waals surface area contributed by atoms with Crippen molar-refractivity contribution in [1.82, 2.24) is 9.78 Å². The number of hydrogen-bond donors (Lipinski definition) is 2. The normalized spacial score (nSPS) is 18.3. The molecule has 1 aromatic heterocycles. The molecule has 15 heavy (non-hydrogen) atoms. The summed E-state index contributed by atoms with van der Waals surface area (Å²) in [6, 6.07) is 0. The first-order valence-corrected chi connectivity index (χ1v) is 5.12. The number of hydrogen-bond acceptors (Lipinski definition) is 3. The van der Waals surface area contributed by atoms with Crippen LogP contribution in [0, 0.1) is 6.92 Å². The highest BCUT2D eigenvalue weighted by Crippen LogP contribution is 2.30. The third-order valence-corrected chi connectivity index (χ3v) is 2.96. The molecule has 1 aromatic rings. The number of aromatic nitrogens is 2. The molecule has 3 N–H and O–H groups in total. The number of nitrogens with zero attached hydrogens (tertiary/aromatic N) is 2. The maximum absolute atomic E-state index is 11.8. The fourth-order valence-corrected chi connectivity index (χ4v) is 1.75. The zero-order valence-electron chi connectivity index (χ0n) is 9.08. The molecule has 2 rings (SSSR count). The maximum atomic E-state index is 11.8. The highest BCUT2D eigenvalue weighted by atomic mass is 16.2. The van der Waals surface area contributed by atoms with Crippen LogP contribution in [-0.4, -0.2) is 21.2 Å². The zero-order valence-corrected chi connectivity index (χ0v) is 9.08. The van der Waals surface area contributed by atoms with E-state index in [9.17, 15) is 4.79 Å². The Hall–Kier alpha value is -1.36. The van der Waals surface area contributed by atoms with Crippen molar-refractivity contribution in [3.63, 3.8) is 0 Å². The number of carbonyl (C=O) groups excluding carboxylic acids is 1. The first kappa shape index (κ1) is 10.2. The van der Waals surface area contributed by atoms with E-state index in [1.54, 1.807) is 10.9 Å². The van der Waals surface area contributed by atoms with Gasteiger partial charge in [0.2, 0.25) is 5.91 Å². The highest BCUT2D eigenvalue weighted by molar-refractivity contribution is 5.98. The summed E-state index contributed by atoms with van der Waals surface area (Å²) in [6.45, 7) is 1.86. The molecule has 0 spiro atoms. The minimum Gasteiger partial charge on any atom is -0.322 e. The fraction of sp³-hybridized carbons (Fsp3) is 0.600. The van der Waals surface area contributed by atoms with Gasteiger partial charge in [-0.15, -0.1) is 0 Å². The van der Waals surface area contributed by atoms with Crippen LogP contribution in [0.5, 0.6) is 0 Å². The number of aryl methyl sites for hydroxylation is 2. The van der Waals surface area contributed by atoms with Crippen molar-refractivity contribution >= 4 is 11.6 Å². The van der Waals surface area contributed by atoms with E-state index in [1.165, 1.54) is 0 Å². The van der Waals surface area contributed by atoms with Gasteiger partial charge >= 0.3 is 0 Å². The number of anilines is 1. The number of amides is 1. The zero-order chi connectivity index (χ0) is 11.1. The fourth-order valence-electron chi connectivity index (χ4n) is 1.75. The monoisotopic (exact) mass is 208 g/mol. The first-order valence-electron chi connectivity index (χ1n) is 5.12. The van der Waals surface area contributed by atoms with Crippen LogP contribution in [0.15, 0.2) is 6.20 Å². The van der Waals surface area contributed by atoms with Crippen molar-refractivity contribution in [2.75, 3.05) is 5.32 Å². The molecule has 0 aliphatic heterocycles. The predicted molar refractivity (Wildman–Crippen MR) is 57.3 cm³/mol. The molecule has 1 saturated carbocycles. The van der Waals surface area contributed by atoms with Crippen LogP contribution >= 0.6 is 0 Å². The van der Waals surface area contributed by atoms with Gasteiger partial charge in [-0.25, -0.2) is 0 Å². The smallest absolute Gasteiger partial charge is 0.244 e. The number of rotatable bonds is 2. The van der Waals surface area contributed by atoms with Crippen molar-refractivity contribution in [2.45, 2.75) is 31.7 Å². The lowest BCUT2D eigenvalue weighted by molar-refractivity contribution is -0.123. The molecule has 1 aliphatic rings. The summed E-state index contributed by atoms with van der Waals surface area (Å²) in [4.78, 5) is 11.8. The third-order valence-electron chi connectivity index (χ3n) is 2.96. The largest absolute Gasteiger partial charge is 0.322 e. The first-order chi connectivity index (χ1) is 7.01. The van der Waals surface area contributed by atoms with Gasteiger partial charge in [-0.2, -0.15) is 5.10 Å². The molecule has 0 radical (unpaired) electrons. The molecular formula is C10H16N4O. The van der Waals surface area contributed by atoms with Crippen molar-refractivity contribution < 1.29 is 4.79 Å². The summed E-state index contributed by atoms with van der Waals surface area (Å²) in [6.07, 6.45) is 4.38. The third kappa shape index (κ3) is 1.74. The van der Waals surface area contributed by atoms with Crippen LogP contribution in [0.25, 0.3) is 0 Å². The Bertz CT molecular complexity index is 392. The molecule has 0 atom stereocenters. The second-order valence-corrected chi connectivity index (χ2v) is 4.27. The predicted octanol–water partition coefficient (Wildman–Crippen LogP) is 0.548. The molecular weight excluding hydrogens is 192 g/mol. The van der Waals surface area contributed by atoms with Crippen LogP contribution in [0.3, 0.4) is 0 Å². The lowest BCUT2D eigenvalue weighted by Gasteiger charge is -2.36. The van der Waals surface area contributed by atoms with Crippen molar-refractivity contribution in [2.24, 2.45) is 12.8 Å². The van der Waals surface area contributed by atoms with E-state index in [2.05, 4.69) is 10.4 Å². The molecule has 5 heteroatoms. The van der Waals surface area contributed by atoms with Crippen LogP contribution in [0.1, 0.15) is 25.0 Å². The number of carbonyl (C=O) groups is 1. The van der Waals surface area contributed by atoms with Gasteiger partial charge in [0, 0.05) is 13.2 Å². The summed E-state index contributed by atoms with van der Waals surface area (Å²) < 4.78 is 1.68. The van der Waals surface area contributed by atoms with Crippen molar-refractivity contribution in [3.8, 4) is 0 Å². The van der Waals surface area contributed by atoms with E-state index >= 15 is 0 Å². The van der Waals surface area contributed by atoms with Gasteiger partial charge < -0.3 is 11.1 Å². The average Bonchev–Trinajstić information content (AvgIpc) is 2.41. The number of nitrogens with one attached hydrogen (secondary N) is 1. The van der Waals surface area contributed by atoms with Gasteiger partial charge in [0.1, 0.15) is 0 Å². The molecule has 5 nitrogen and oxygen atoms in total. The maximum Gasteiger partial charge on any atom is 0.244 e. The summed E-state index contributed by atoms with van der Waals surface area (Å²) in [7, 11) is 1.82. The van der Waals surface area contributed by atoms with Gasteiger partial charge in [0.15, 0.2) is 0 Å². The molecule has 1 amide bonds. The Balaban J connectivity index is 2.09. The molecule has 0 bridgehead atoms. The average molecular weight is 208 g/mol. The van der Waals surface area contributed by atoms with Gasteiger partial charge in [-0.3, -0.25) is 9.48 Å². The Morgan fingerprint density at radius 1 is 1.67 bits per heavy atom. The molecule has 0 unspecified atom stereocenters. The topological polar surface area (TPSA) is 72.9 Å². The molecule has 1 aliphatic carbocycles. The van der Waals surface area contributed by atoms with E-state index in [1.807, 2.05) is 14.0 Å². The molecule has 82 valence electrons.